The van der Waals surface area contributed by atoms with E-state index in [0.717, 1.165) is 25.3 Å². The van der Waals surface area contributed by atoms with Gasteiger partial charge in [0.15, 0.2) is 0 Å². The van der Waals surface area contributed by atoms with Crippen LogP contribution in [0.5, 0.6) is 0 Å². The predicted octanol–water partition coefficient (Wildman–Crippen LogP) is 2.82. The molecule has 0 amide bonds. The zero-order valence-corrected chi connectivity index (χ0v) is 13.5. The Kier molecular flexibility index (Phi) is 4.58. The van der Waals surface area contributed by atoms with Crippen LogP contribution in [0.25, 0.3) is 0 Å². The minimum absolute atomic E-state index is 0.0623. The van der Waals surface area contributed by atoms with E-state index in [9.17, 15) is 12.8 Å². The van der Waals surface area contributed by atoms with Crippen LogP contribution >= 0.6 is 0 Å². The maximum Gasteiger partial charge on any atom is 0.241 e. The van der Waals surface area contributed by atoms with Crippen LogP contribution in [0.15, 0.2) is 17.0 Å². The number of nitrogens with one attached hydrogen (secondary N) is 1. The minimum Gasteiger partial charge on any atom is -0.396 e. The number of hydrogen-bond acceptors (Lipinski definition) is 3. The van der Waals surface area contributed by atoms with Crippen molar-refractivity contribution in [2.24, 2.45) is 11.8 Å². The maximum atomic E-state index is 13.4. The Bertz CT molecular complexity index is 621. The number of benzene rings is 1. The van der Waals surface area contributed by atoms with Gasteiger partial charge in [-0.25, -0.2) is 17.5 Å². The molecule has 1 fully saturated rings. The molecule has 2 atom stereocenters. The molecule has 3 N–H and O–H groups in total. The first-order chi connectivity index (χ1) is 9.69. The van der Waals surface area contributed by atoms with E-state index in [0.29, 0.717) is 17.4 Å². The van der Waals surface area contributed by atoms with Crippen molar-refractivity contribution >= 4 is 15.7 Å². The molecule has 1 aliphatic carbocycles. The third kappa shape index (κ3) is 3.74. The van der Waals surface area contributed by atoms with Gasteiger partial charge in [0.1, 0.15) is 5.82 Å². The van der Waals surface area contributed by atoms with Crippen LogP contribution in [0.4, 0.5) is 10.1 Å². The summed E-state index contributed by atoms with van der Waals surface area (Å²) in [6.45, 7) is 5.85. The van der Waals surface area contributed by atoms with Crippen LogP contribution in [0.1, 0.15) is 38.7 Å². The molecule has 0 saturated heterocycles. The highest BCUT2D eigenvalue weighted by Crippen LogP contribution is 2.30. The van der Waals surface area contributed by atoms with Gasteiger partial charge in [0.05, 0.1) is 10.6 Å². The van der Waals surface area contributed by atoms with E-state index in [-0.39, 0.29) is 16.6 Å². The lowest BCUT2D eigenvalue weighted by molar-refractivity contribution is 0.257. The van der Waals surface area contributed by atoms with Crippen molar-refractivity contribution in [3.63, 3.8) is 0 Å². The number of sulfonamides is 1. The largest absolute Gasteiger partial charge is 0.396 e. The molecule has 2 unspecified atom stereocenters. The summed E-state index contributed by atoms with van der Waals surface area (Å²) >= 11 is 0. The van der Waals surface area contributed by atoms with Gasteiger partial charge < -0.3 is 5.73 Å². The lowest BCUT2D eigenvalue weighted by Gasteiger charge is -2.31. The second-order valence-electron chi connectivity index (χ2n) is 6.37. The molecule has 0 radical (unpaired) electrons. The second-order valence-corrected chi connectivity index (χ2v) is 8.06. The molecule has 4 nitrogen and oxygen atoms in total. The van der Waals surface area contributed by atoms with E-state index in [1.54, 1.807) is 6.92 Å². The summed E-state index contributed by atoms with van der Waals surface area (Å²) in [6, 6.07) is 2.29. The summed E-state index contributed by atoms with van der Waals surface area (Å²) < 4.78 is 41.1. The Labute approximate surface area is 126 Å². The molecule has 0 heterocycles. The first-order valence-corrected chi connectivity index (χ1v) is 8.75. The van der Waals surface area contributed by atoms with Gasteiger partial charge in [-0.05, 0) is 55.7 Å². The topological polar surface area (TPSA) is 72.2 Å². The SMILES string of the molecule is Cc1cc(F)c(N)cc1S(=O)(=O)NC1CC(C)CC(C)C1. The van der Waals surface area contributed by atoms with Gasteiger partial charge in [-0.2, -0.15) is 0 Å². The monoisotopic (exact) mass is 314 g/mol. The summed E-state index contributed by atoms with van der Waals surface area (Å²) in [5.41, 5.74) is 5.72. The van der Waals surface area contributed by atoms with Crippen LogP contribution in [0, 0.1) is 24.6 Å². The van der Waals surface area contributed by atoms with Crippen molar-refractivity contribution in [2.45, 2.75) is 51.0 Å². The average Bonchev–Trinajstić information content (AvgIpc) is 2.31. The Morgan fingerprint density at radius 1 is 1.19 bits per heavy atom. The van der Waals surface area contributed by atoms with E-state index in [4.69, 9.17) is 5.73 Å². The summed E-state index contributed by atoms with van der Waals surface area (Å²) in [5.74, 6) is 0.410. The van der Waals surface area contributed by atoms with Crippen molar-refractivity contribution in [3.8, 4) is 0 Å². The van der Waals surface area contributed by atoms with E-state index in [2.05, 4.69) is 18.6 Å². The quantitative estimate of drug-likeness (QED) is 0.843. The van der Waals surface area contributed by atoms with Gasteiger partial charge in [-0.15, -0.1) is 0 Å². The average molecular weight is 314 g/mol. The molecule has 0 aliphatic heterocycles. The molecule has 21 heavy (non-hydrogen) atoms. The Hall–Kier alpha value is -1.14. The fourth-order valence-electron chi connectivity index (χ4n) is 3.28. The van der Waals surface area contributed by atoms with E-state index >= 15 is 0 Å². The van der Waals surface area contributed by atoms with E-state index in [1.165, 1.54) is 6.07 Å². The summed E-state index contributed by atoms with van der Waals surface area (Å²) in [7, 11) is -3.67. The van der Waals surface area contributed by atoms with Crippen LogP contribution in [0.3, 0.4) is 0 Å². The number of nitrogen functional groups attached to an aromatic ring is 1. The number of aryl methyl sites for hydroxylation is 1. The van der Waals surface area contributed by atoms with Gasteiger partial charge in [0, 0.05) is 6.04 Å². The third-order valence-electron chi connectivity index (χ3n) is 4.08. The lowest BCUT2D eigenvalue weighted by Crippen LogP contribution is -2.40. The van der Waals surface area contributed by atoms with Gasteiger partial charge in [0.25, 0.3) is 0 Å². The predicted molar refractivity (Wildman–Crippen MR) is 81.8 cm³/mol. The summed E-state index contributed by atoms with van der Waals surface area (Å²) in [6.07, 6.45) is 2.79. The van der Waals surface area contributed by atoms with Crippen LogP contribution in [-0.2, 0) is 10.0 Å². The van der Waals surface area contributed by atoms with Crippen molar-refractivity contribution < 1.29 is 12.8 Å². The summed E-state index contributed by atoms with van der Waals surface area (Å²) in [4.78, 5) is 0.0623. The highest BCUT2D eigenvalue weighted by Gasteiger charge is 2.29. The molecule has 118 valence electrons. The van der Waals surface area contributed by atoms with Crippen molar-refractivity contribution in [2.75, 3.05) is 5.73 Å². The molecule has 2 rings (SSSR count). The Morgan fingerprint density at radius 2 is 1.76 bits per heavy atom. The first kappa shape index (κ1) is 16.2. The standard InChI is InChI=1S/C15H23FN2O2S/c1-9-4-10(2)6-12(5-9)18-21(19,20)15-8-14(17)13(16)7-11(15)3/h7-10,12,18H,4-6,17H2,1-3H3. The smallest absolute Gasteiger partial charge is 0.241 e. The molecule has 0 aromatic heterocycles. The highest BCUT2D eigenvalue weighted by atomic mass is 32.2. The van der Waals surface area contributed by atoms with Gasteiger partial charge in [-0.3, -0.25) is 0 Å². The maximum absolute atomic E-state index is 13.4. The van der Waals surface area contributed by atoms with Crippen LogP contribution < -0.4 is 10.5 Å². The fourth-order valence-corrected chi connectivity index (χ4v) is 4.81. The molecule has 1 aliphatic rings. The lowest BCUT2D eigenvalue weighted by atomic mass is 9.81. The first-order valence-electron chi connectivity index (χ1n) is 7.27. The van der Waals surface area contributed by atoms with Crippen molar-refractivity contribution in [3.05, 3.63) is 23.5 Å². The van der Waals surface area contributed by atoms with E-state index in [1.807, 2.05) is 0 Å². The number of nitrogens with two attached hydrogens (primary N) is 1. The fraction of sp³-hybridized carbons (Fsp3) is 0.600. The van der Waals surface area contributed by atoms with Crippen molar-refractivity contribution in [1.29, 1.82) is 0 Å². The molecule has 0 bridgehead atoms. The number of anilines is 1. The zero-order valence-electron chi connectivity index (χ0n) is 12.7. The summed E-state index contributed by atoms with van der Waals surface area (Å²) in [5, 5.41) is 0. The molecule has 1 aromatic carbocycles. The van der Waals surface area contributed by atoms with E-state index < -0.39 is 15.8 Å². The molecule has 1 saturated carbocycles. The zero-order chi connectivity index (χ0) is 15.8. The van der Waals surface area contributed by atoms with Crippen LogP contribution in [-0.4, -0.2) is 14.5 Å². The second kappa shape index (κ2) is 5.93. The minimum atomic E-state index is -3.67. The van der Waals surface area contributed by atoms with Gasteiger partial charge in [0.2, 0.25) is 10.0 Å². The Balaban J connectivity index is 2.24. The number of hydrogen-bond donors (Lipinski definition) is 2. The molecule has 1 aromatic rings. The van der Waals surface area contributed by atoms with Gasteiger partial charge >= 0.3 is 0 Å². The number of rotatable bonds is 3. The molecule has 6 heteroatoms. The molecular weight excluding hydrogens is 291 g/mol. The van der Waals surface area contributed by atoms with Crippen molar-refractivity contribution in [1.82, 2.24) is 4.72 Å². The highest BCUT2D eigenvalue weighted by molar-refractivity contribution is 7.89. The van der Waals surface area contributed by atoms with Gasteiger partial charge in [-0.1, -0.05) is 13.8 Å². The molecule has 0 spiro atoms. The number of halogens is 1. The third-order valence-corrected chi connectivity index (χ3v) is 5.75. The molecular formula is C15H23FN2O2S. The normalized spacial score (nSPS) is 26.8. The van der Waals surface area contributed by atoms with Crippen LogP contribution in [0.2, 0.25) is 0 Å². The Morgan fingerprint density at radius 3 is 2.33 bits per heavy atom.